The highest BCUT2D eigenvalue weighted by atomic mass is 16.4. The van der Waals surface area contributed by atoms with Crippen molar-refractivity contribution in [3.63, 3.8) is 0 Å². The van der Waals surface area contributed by atoms with Gasteiger partial charge in [-0.15, -0.1) is 0 Å². The van der Waals surface area contributed by atoms with Crippen LogP contribution in [0.5, 0.6) is 0 Å². The Bertz CT molecular complexity index is 1910. The van der Waals surface area contributed by atoms with Crippen LogP contribution in [0.25, 0.3) is 0 Å². The number of carbonyl (C=O) groups excluding carboxylic acids is 8. The maximum absolute atomic E-state index is 14.5. The monoisotopic (exact) mass is 891 g/mol. The smallest absolute Gasteiger partial charge is 0.326 e. The molecular weight excluding hydrogens is 827 g/mol. The summed E-state index contributed by atoms with van der Waals surface area (Å²) < 4.78 is 0. The lowest BCUT2D eigenvalue weighted by Gasteiger charge is -2.37. The molecule has 9 aliphatic rings. The van der Waals surface area contributed by atoms with E-state index in [0.29, 0.717) is 149 Å². The van der Waals surface area contributed by atoms with E-state index in [2.05, 4.69) is 5.32 Å². The summed E-state index contributed by atoms with van der Waals surface area (Å²) in [6.45, 7) is 3.78. The van der Waals surface area contributed by atoms with E-state index in [-0.39, 0.29) is 53.3 Å². The number of hydrogen-bond acceptors (Lipinski definition) is 10. The molecule has 64 heavy (non-hydrogen) atoms. The van der Waals surface area contributed by atoms with Crippen LogP contribution in [0.15, 0.2) is 0 Å². The van der Waals surface area contributed by atoms with Gasteiger partial charge in [0.25, 0.3) is 0 Å². The largest absolute Gasteiger partial charge is 0.480 e. The number of aliphatic carboxylic acids is 1. The van der Waals surface area contributed by atoms with Gasteiger partial charge in [0.05, 0.1) is 6.04 Å². The molecule has 2 N–H and O–H groups in total. The van der Waals surface area contributed by atoms with Gasteiger partial charge in [0, 0.05) is 52.4 Å². The zero-order valence-electron chi connectivity index (χ0n) is 37.0. The first-order chi connectivity index (χ1) is 31.0. The first-order valence-electron chi connectivity index (χ1n) is 24.4. The normalized spacial score (nSPS) is 33.0. The molecule has 0 aromatic carbocycles. The summed E-state index contributed by atoms with van der Waals surface area (Å²) >= 11 is 0. The van der Waals surface area contributed by atoms with E-state index in [1.807, 2.05) is 0 Å². The van der Waals surface area contributed by atoms with Gasteiger partial charge in [-0.2, -0.15) is 0 Å². The Balaban J connectivity index is 0.836. The summed E-state index contributed by atoms with van der Waals surface area (Å²) in [6.07, 6.45) is 10.2. The van der Waals surface area contributed by atoms with Gasteiger partial charge in [0.1, 0.15) is 48.3 Å². The molecule has 9 aliphatic heterocycles. The second-order valence-corrected chi connectivity index (χ2v) is 19.5. The van der Waals surface area contributed by atoms with Crippen LogP contribution < -0.4 is 5.32 Å². The van der Waals surface area contributed by atoms with Crippen LogP contribution in [-0.4, -0.2) is 211 Å². The van der Waals surface area contributed by atoms with E-state index in [9.17, 15) is 48.3 Å². The van der Waals surface area contributed by atoms with Crippen molar-refractivity contribution in [1.29, 1.82) is 0 Å². The number of amides is 8. The average molecular weight is 892 g/mol. The summed E-state index contributed by atoms with van der Waals surface area (Å²) in [5.41, 5.74) is 0. The fraction of sp³-hybridized carbons (Fsp3) is 0.800. The summed E-state index contributed by atoms with van der Waals surface area (Å²) in [6, 6.07) is -6.43. The molecule has 9 rings (SSSR count). The van der Waals surface area contributed by atoms with Crippen molar-refractivity contribution in [1.82, 2.24) is 44.5 Å². The van der Waals surface area contributed by atoms with Gasteiger partial charge in [-0.3, -0.25) is 38.4 Å². The Morgan fingerprint density at radius 3 is 0.734 bits per heavy atom. The van der Waals surface area contributed by atoms with E-state index in [0.717, 1.165) is 25.8 Å². The van der Waals surface area contributed by atoms with Gasteiger partial charge >= 0.3 is 5.97 Å². The van der Waals surface area contributed by atoms with E-state index >= 15 is 0 Å². The Morgan fingerprint density at radius 2 is 0.516 bits per heavy atom. The van der Waals surface area contributed by atoms with E-state index in [4.69, 9.17) is 0 Å². The maximum Gasteiger partial charge on any atom is 0.326 e. The topological polar surface area (TPSA) is 212 Å². The van der Waals surface area contributed by atoms with E-state index in [1.54, 1.807) is 29.4 Å². The molecule has 9 atom stereocenters. The molecule has 0 bridgehead atoms. The zero-order valence-corrected chi connectivity index (χ0v) is 37.0. The maximum atomic E-state index is 14.5. The molecule has 9 fully saturated rings. The summed E-state index contributed by atoms with van der Waals surface area (Å²) in [4.78, 5) is 138. The van der Waals surface area contributed by atoms with Crippen molar-refractivity contribution in [3.8, 4) is 0 Å². The molecule has 0 unspecified atom stereocenters. The standard InChI is InChI=1S/C45H65N9O10/c55-37(28-10-1-19-46-28)47-20-2-11-29(47)38(56)48-21-3-12-30(48)39(57)49-22-4-13-31(49)40(58)50-23-5-14-32(50)41(59)51-24-6-15-33(51)42(60)52-25-7-16-34(52)43(61)53-26-8-17-35(53)44(62)54-27-9-18-36(54)45(63)64/h28-36,46H,1-27H2,(H,63,64)/t28-,29-,30-,31-,32-,33-,34-,35-,36-/m0/s1. The molecule has 8 amide bonds. The number of hydrogen-bond donors (Lipinski definition) is 2. The molecule has 350 valence electrons. The van der Waals surface area contributed by atoms with Crippen LogP contribution in [-0.2, 0) is 43.2 Å². The van der Waals surface area contributed by atoms with Gasteiger partial charge in [-0.25, -0.2) is 4.79 Å². The molecule has 0 radical (unpaired) electrons. The molecule has 19 heteroatoms. The number of nitrogens with one attached hydrogen (secondary N) is 1. The van der Waals surface area contributed by atoms with E-state index in [1.165, 1.54) is 9.80 Å². The van der Waals surface area contributed by atoms with Gasteiger partial charge in [-0.05, 0) is 122 Å². The first kappa shape index (κ1) is 44.4. The summed E-state index contributed by atoms with van der Waals surface area (Å²) in [5.74, 6) is -3.14. The molecule has 0 spiro atoms. The van der Waals surface area contributed by atoms with Crippen LogP contribution >= 0.6 is 0 Å². The van der Waals surface area contributed by atoms with Gasteiger partial charge in [0.2, 0.25) is 47.3 Å². The van der Waals surface area contributed by atoms with Crippen LogP contribution in [0.3, 0.4) is 0 Å². The second kappa shape index (κ2) is 18.6. The van der Waals surface area contributed by atoms with Crippen LogP contribution in [0.2, 0.25) is 0 Å². The lowest BCUT2D eigenvalue weighted by molar-refractivity contribution is -0.156. The fourth-order valence-electron chi connectivity index (χ4n) is 12.7. The van der Waals surface area contributed by atoms with Crippen molar-refractivity contribution in [2.24, 2.45) is 0 Å². The highest BCUT2D eigenvalue weighted by molar-refractivity contribution is 5.99. The summed E-state index contributed by atoms with van der Waals surface area (Å²) in [5, 5.41) is 13.0. The minimum Gasteiger partial charge on any atom is -0.480 e. The van der Waals surface area contributed by atoms with Crippen molar-refractivity contribution < 1.29 is 48.3 Å². The number of carboxylic acid groups (broad SMARTS) is 1. The molecule has 0 aliphatic carbocycles. The van der Waals surface area contributed by atoms with Crippen molar-refractivity contribution in [2.45, 2.75) is 170 Å². The molecule has 19 nitrogen and oxygen atoms in total. The van der Waals surface area contributed by atoms with Gasteiger partial charge in [-0.1, -0.05) is 0 Å². The van der Waals surface area contributed by atoms with E-state index < -0.39 is 54.3 Å². The predicted molar refractivity (Wildman–Crippen MR) is 227 cm³/mol. The quantitative estimate of drug-likeness (QED) is 0.308. The lowest BCUT2D eigenvalue weighted by Crippen LogP contribution is -2.59. The Hall–Kier alpha value is -4.81. The van der Waals surface area contributed by atoms with Crippen LogP contribution in [0.1, 0.15) is 116 Å². The molecule has 9 heterocycles. The third-order valence-corrected chi connectivity index (χ3v) is 15.9. The minimum absolute atomic E-state index is 0.0484. The van der Waals surface area contributed by atoms with Crippen molar-refractivity contribution in [2.75, 3.05) is 58.9 Å². The Kier molecular flexibility index (Phi) is 12.9. The molecule has 9 saturated heterocycles. The Labute approximate surface area is 374 Å². The van der Waals surface area contributed by atoms with Gasteiger partial charge < -0.3 is 49.6 Å². The molecule has 0 saturated carbocycles. The molecule has 0 aromatic heterocycles. The molecular formula is C45H65N9O10. The van der Waals surface area contributed by atoms with Gasteiger partial charge in [0.15, 0.2) is 0 Å². The van der Waals surface area contributed by atoms with Crippen LogP contribution in [0, 0.1) is 0 Å². The second-order valence-electron chi connectivity index (χ2n) is 19.5. The SMILES string of the molecule is O=C(O)[C@@H]1CCCN1C(=O)[C@@H]1CCCN1C(=O)[C@@H]1CCCN1C(=O)[C@@H]1CCCN1C(=O)[C@@H]1CCCN1C(=O)[C@@H]1CCCN1C(=O)[C@@H]1CCCN1C(=O)[C@@H]1CCCN1C(=O)[C@@H]1CCCN1. The highest BCUT2D eigenvalue weighted by Gasteiger charge is 2.51. The van der Waals surface area contributed by atoms with Crippen LogP contribution in [0.4, 0.5) is 0 Å². The number of carbonyl (C=O) groups is 9. The number of nitrogens with zero attached hydrogens (tertiary/aromatic N) is 8. The average Bonchev–Trinajstić information content (AvgIpc) is 4.17. The number of rotatable bonds is 9. The third kappa shape index (κ3) is 8.00. The van der Waals surface area contributed by atoms with Crippen molar-refractivity contribution >= 4 is 53.2 Å². The Morgan fingerprint density at radius 1 is 0.297 bits per heavy atom. The molecule has 0 aromatic rings. The zero-order chi connectivity index (χ0) is 44.8. The minimum atomic E-state index is -1.05. The highest BCUT2D eigenvalue weighted by Crippen LogP contribution is 2.34. The third-order valence-electron chi connectivity index (χ3n) is 15.9. The first-order valence-corrected chi connectivity index (χ1v) is 24.4. The van der Waals surface area contributed by atoms with Crippen molar-refractivity contribution in [3.05, 3.63) is 0 Å². The number of likely N-dealkylation sites (tertiary alicyclic amines) is 8. The lowest BCUT2D eigenvalue weighted by atomic mass is 10.1. The number of carboxylic acids is 1. The summed E-state index contributed by atoms with van der Waals surface area (Å²) in [7, 11) is 0. The predicted octanol–water partition coefficient (Wildman–Crippen LogP) is -0.249. The fourth-order valence-corrected chi connectivity index (χ4v) is 12.7.